The molecule has 0 aliphatic heterocycles. The minimum atomic E-state index is -2.59. The monoisotopic (exact) mass is 328 g/mol. The smallest absolute Gasteiger partial charge is 0.357 e. The summed E-state index contributed by atoms with van der Waals surface area (Å²) in [6.45, 7) is 0. The highest BCUT2D eigenvalue weighted by atomic mass is 35.5. The van der Waals surface area contributed by atoms with Crippen molar-refractivity contribution in [3.05, 3.63) is 25.1 Å². The second kappa shape index (κ2) is 5.27. The second-order valence-electron chi connectivity index (χ2n) is 2.20. The van der Waals surface area contributed by atoms with Gasteiger partial charge in [0.15, 0.2) is 5.75 Å². The zero-order chi connectivity index (χ0) is 11.7. The molecule has 0 fully saturated rings. The lowest BCUT2D eigenvalue weighted by molar-refractivity contribution is 0.458. The number of halogens is 5. The Morgan fingerprint density at radius 2 is 1.20 bits per heavy atom. The lowest BCUT2D eigenvalue weighted by Gasteiger charge is -2.10. The lowest BCUT2D eigenvalue weighted by atomic mass is 10.3. The molecule has 1 N–H and O–H groups in total. The molecular formula is C6HCl5O3S. The van der Waals surface area contributed by atoms with Crippen LogP contribution in [0.4, 0.5) is 0 Å². The SMILES string of the molecule is O=S(O)Oc1c(Cl)c(Cl)c(Cl)c(Cl)c1Cl. The average Bonchev–Trinajstić information content (AvgIpc) is 2.18. The van der Waals surface area contributed by atoms with Gasteiger partial charge in [-0.15, -0.1) is 0 Å². The predicted molar refractivity (Wildman–Crippen MR) is 62.9 cm³/mol. The summed E-state index contributed by atoms with van der Waals surface area (Å²) >= 11 is 25.8. The summed E-state index contributed by atoms with van der Waals surface area (Å²) in [7, 11) is 0. The fraction of sp³-hybridized carbons (Fsp3) is 0. The molecule has 0 heterocycles. The van der Waals surface area contributed by atoms with Gasteiger partial charge < -0.3 is 4.18 Å². The first kappa shape index (κ1) is 13.6. The number of hydrogen-bond donors (Lipinski definition) is 1. The standard InChI is InChI=1S/C6HCl5O3S/c7-1-2(8)4(10)6(14-15(12)13)5(11)3(1)9/h(H,12,13). The van der Waals surface area contributed by atoms with Crippen molar-refractivity contribution in [2.24, 2.45) is 0 Å². The van der Waals surface area contributed by atoms with E-state index < -0.39 is 11.4 Å². The van der Waals surface area contributed by atoms with Crippen LogP contribution in [-0.2, 0) is 11.4 Å². The van der Waals surface area contributed by atoms with E-state index in [1.165, 1.54) is 0 Å². The third-order valence-corrected chi connectivity index (χ3v) is 3.88. The van der Waals surface area contributed by atoms with E-state index in [9.17, 15) is 4.21 Å². The average molecular weight is 330 g/mol. The molecule has 0 radical (unpaired) electrons. The fourth-order valence-corrected chi connectivity index (χ4v) is 2.33. The molecule has 1 unspecified atom stereocenters. The molecular weight excluding hydrogens is 329 g/mol. The molecule has 1 atom stereocenters. The van der Waals surface area contributed by atoms with E-state index in [4.69, 9.17) is 62.6 Å². The molecule has 0 amide bonds. The minimum Gasteiger partial charge on any atom is -0.377 e. The highest BCUT2D eigenvalue weighted by molar-refractivity contribution is 7.74. The third kappa shape index (κ3) is 2.82. The molecule has 0 aliphatic rings. The van der Waals surface area contributed by atoms with Crippen LogP contribution in [-0.4, -0.2) is 8.76 Å². The van der Waals surface area contributed by atoms with Crippen molar-refractivity contribution in [3.63, 3.8) is 0 Å². The van der Waals surface area contributed by atoms with E-state index in [1.54, 1.807) is 0 Å². The maximum Gasteiger partial charge on any atom is 0.357 e. The molecule has 84 valence electrons. The van der Waals surface area contributed by atoms with Gasteiger partial charge in [0.05, 0.1) is 15.1 Å². The van der Waals surface area contributed by atoms with Crippen LogP contribution in [0.15, 0.2) is 0 Å². The molecule has 15 heavy (non-hydrogen) atoms. The fourth-order valence-electron chi connectivity index (χ4n) is 0.729. The van der Waals surface area contributed by atoms with Crippen molar-refractivity contribution < 1.29 is 12.9 Å². The van der Waals surface area contributed by atoms with Gasteiger partial charge in [0, 0.05) is 0 Å². The Morgan fingerprint density at radius 3 is 1.53 bits per heavy atom. The predicted octanol–water partition coefficient (Wildman–Crippen LogP) is 4.47. The maximum atomic E-state index is 10.4. The highest BCUT2D eigenvalue weighted by Gasteiger charge is 2.21. The molecule has 0 bridgehead atoms. The van der Waals surface area contributed by atoms with Crippen molar-refractivity contribution in [3.8, 4) is 5.75 Å². The van der Waals surface area contributed by atoms with Crippen LogP contribution in [0.25, 0.3) is 0 Å². The molecule has 0 aliphatic carbocycles. The number of benzene rings is 1. The number of hydrogen-bond acceptors (Lipinski definition) is 2. The molecule has 0 saturated carbocycles. The van der Waals surface area contributed by atoms with Crippen molar-refractivity contribution in [1.29, 1.82) is 0 Å². The normalized spacial score (nSPS) is 12.7. The third-order valence-electron chi connectivity index (χ3n) is 1.32. The maximum absolute atomic E-state index is 10.4. The largest absolute Gasteiger partial charge is 0.377 e. The summed E-state index contributed by atoms with van der Waals surface area (Å²) < 4.78 is 23.4. The van der Waals surface area contributed by atoms with Gasteiger partial charge in [0.2, 0.25) is 0 Å². The molecule has 0 spiro atoms. The first-order valence-corrected chi connectivity index (χ1v) is 6.09. The Bertz CT molecular complexity index is 406. The molecule has 0 aromatic heterocycles. The van der Waals surface area contributed by atoms with Crippen molar-refractivity contribution in [2.45, 2.75) is 0 Å². The second-order valence-corrected chi connectivity index (χ2v) is 4.69. The van der Waals surface area contributed by atoms with E-state index in [0.29, 0.717) is 0 Å². The van der Waals surface area contributed by atoms with E-state index in [1.807, 2.05) is 0 Å². The van der Waals surface area contributed by atoms with Crippen LogP contribution in [0.2, 0.25) is 25.1 Å². The van der Waals surface area contributed by atoms with E-state index >= 15 is 0 Å². The van der Waals surface area contributed by atoms with Gasteiger partial charge in [0.1, 0.15) is 10.0 Å². The van der Waals surface area contributed by atoms with E-state index in [-0.39, 0.29) is 30.9 Å². The van der Waals surface area contributed by atoms with Crippen LogP contribution in [0.3, 0.4) is 0 Å². The summed E-state index contributed by atoms with van der Waals surface area (Å²) in [5.41, 5.74) is 0. The Morgan fingerprint density at radius 1 is 0.867 bits per heavy atom. The van der Waals surface area contributed by atoms with Gasteiger partial charge in [-0.2, -0.15) is 4.21 Å². The van der Waals surface area contributed by atoms with Crippen molar-refractivity contribution >= 4 is 69.4 Å². The van der Waals surface area contributed by atoms with Crippen molar-refractivity contribution in [2.75, 3.05) is 0 Å². The number of rotatable bonds is 2. The first-order chi connectivity index (χ1) is 6.86. The first-order valence-electron chi connectivity index (χ1n) is 3.16. The Hall–Kier alpha value is 0.580. The van der Waals surface area contributed by atoms with Crippen LogP contribution in [0.1, 0.15) is 0 Å². The summed E-state index contributed by atoms with van der Waals surface area (Å²) in [4.78, 5) is 0. The van der Waals surface area contributed by atoms with Gasteiger partial charge in [-0.1, -0.05) is 58.0 Å². The topological polar surface area (TPSA) is 46.5 Å². The Kier molecular flexibility index (Phi) is 4.80. The van der Waals surface area contributed by atoms with Gasteiger partial charge in [0.25, 0.3) is 0 Å². The zero-order valence-electron chi connectivity index (χ0n) is 6.56. The molecule has 9 heteroatoms. The summed E-state index contributed by atoms with van der Waals surface area (Å²) in [5.74, 6) is -0.293. The van der Waals surface area contributed by atoms with Crippen LogP contribution >= 0.6 is 58.0 Å². The zero-order valence-corrected chi connectivity index (χ0v) is 11.2. The van der Waals surface area contributed by atoms with Crippen LogP contribution in [0, 0.1) is 0 Å². The van der Waals surface area contributed by atoms with Gasteiger partial charge in [-0.3, -0.25) is 4.55 Å². The van der Waals surface area contributed by atoms with E-state index in [0.717, 1.165) is 0 Å². The quantitative estimate of drug-likeness (QED) is 0.494. The van der Waals surface area contributed by atoms with Gasteiger partial charge in [-0.25, -0.2) is 0 Å². The summed E-state index contributed by atoms with van der Waals surface area (Å²) in [6, 6.07) is 0. The lowest BCUT2D eigenvalue weighted by Crippen LogP contribution is -1.99. The van der Waals surface area contributed by atoms with E-state index in [2.05, 4.69) is 4.18 Å². The minimum absolute atomic E-state index is 0.0515. The van der Waals surface area contributed by atoms with Gasteiger partial charge >= 0.3 is 11.4 Å². The Balaban J connectivity index is 3.45. The molecule has 1 rings (SSSR count). The summed E-state index contributed by atoms with van der Waals surface area (Å²) in [5, 5.41) is -0.622. The van der Waals surface area contributed by atoms with Crippen LogP contribution < -0.4 is 4.18 Å². The Labute approximate surface area is 113 Å². The van der Waals surface area contributed by atoms with Crippen LogP contribution in [0.5, 0.6) is 5.75 Å². The summed E-state index contributed by atoms with van der Waals surface area (Å²) in [6.07, 6.45) is 0. The molecule has 3 nitrogen and oxygen atoms in total. The molecule has 0 saturated heterocycles. The highest BCUT2D eigenvalue weighted by Crippen LogP contribution is 2.48. The molecule has 1 aromatic rings. The van der Waals surface area contributed by atoms with Gasteiger partial charge in [-0.05, 0) is 0 Å². The molecule has 1 aromatic carbocycles. The van der Waals surface area contributed by atoms with Crippen molar-refractivity contribution in [1.82, 2.24) is 0 Å².